The number of carbonyl (C=O) groups is 3. The average molecular weight is 510 g/mol. The summed E-state index contributed by atoms with van der Waals surface area (Å²) >= 11 is 7.54. The van der Waals surface area contributed by atoms with E-state index in [2.05, 4.69) is 56.8 Å². The van der Waals surface area contributed by atoms with Crippen molar-refractivity contribution >= 4 is 76.8 Å². The summed E-state index contributed by atoms with van der Waals surface area (Å²) in [6.45, 7) is 6.72. The molecule has 0 atom stereocenters. The van der Waals surface area contributed by atoms with Crippen molar-refractivity contribution in [3.63, 3.8) is 0 Å². The zero-order chi connectivity index (χ0) is 24.9. The standard InChI is InChI=1S/C18H33B3N6O3S3/c1-2-25(16(28)13-22-19)4-9-32-11-6-27(18(30)15-24-21)7-12-33-10-5-26(3-8-31)17(29)14-23-20/h2,19-21,31H,1,3-15H2. The molecular weight excluding hydrogens is 477 g/mol. The first-order valence-corrected chi connectivity index (χ1v) is 13.4. The van der Waals surface area contributed by atoms with Gasteiger partial charge < -0.3 is 0 Å². The van der Waals surface area contributed by atoms with E-state index in [1.165, 1.54) is 11.1 Å². The van der Waals surface area contributed by atoms with E-state index in [0.29, 0.717) is 38.5 Å². The third-order valence-corrected chi connectivity index (χ3v) is 6.44. The van der Waals surface area contributed by atoms with Crippen LogP contribution in [0.4, 0.5) is 0 Å². The van der Waals surface area contributed by atoms with Crippen molar-refractivity contribution < 1.29 is 14.4 Å². The van der Waals surface area contributed by atoms with Crippen molar-refractivity contribution in [3.05, 3.63) is 12.8 Å². The molecule has 180 valence electrons. The van der Waals surface area contributed by atoms with Gasteiger partial charge in [0.1, 0.15) is 0 Å². The monoisotopic (exact) mass is 510 g/mol. The number of carbonyl (C=O) groups excluding carboxylic acids is 3. The van der Waals surface area contributed by atoms with Crippen LogP contribution in [0, 0.1) is 0 Å². The van der Waals surface area contributed by atoms with Crippen LogP contribution in [0.25, 0.3) is 0 Å². The zero-order valence-corrected chi connectivity index (χ0v) is 21.8. The second-order valence-corrected chi connectivity index (χ2v) is 9.52. The van der Waals surface area contributed by atoms with Crippen molar-refractivity contribution in [2.24, 2.45) is 14.7 Å². The second-order valence-electron chi connectivity index (χ2n) is 6.62. The van der Waals surface area contributed by atoms with Crippen LogP contribution in [0.2, 0.25) is 0 Å². The van der Waals surface area contributed by atoms with Crippen LogP contribution in [0.3, 0.4) is 0 Å². The van der Waals surface area contributed by atoms with Crippen LogP contribution >= 0.6 is 36.2 Å². The minimum atomic E-state index is -0.137. The molecule has 0 aromatic carbocycles. The fraction of sp³-hybridized carbons (Fsp3) is 0.722. The molecule has 0 spiro atoms. The molecule has 0 unspecified atom stereocenters. The van der Waals surface area contributed by atoms with Crippen LogP contribution < -0.4 is 0 Å². The van der Waals surface area contributed by atoms with Crippen molar-refractivity contribution in [3.8, 4) is 0 Å². The topological polar surface area (TPSA) is 98.0 Å². The Morgan fingerprint density at radius 3 is 1.52 bits per heavy atom. The maximum absolute atomic E-state index is 12.4. The Labute approximate surface area is 214 Å². The van der Waals surface area contributed by atoms with Crippen LogP contribution in [-0.2, 0) is 14.4 Å². The number of thiol groups is 1. The van der Waals surface area contributed by atoms with E-state index in [-0.39, 0.29) is 37.4 Å². The van der Waals surface area contributed by atoms with E-state index < -0.39 is 0 Å². The van der Waals surface area contributed by atoms with E-state index in [0.717, 1.165) is 23.0 Å². The molecule has 15 heteroatoms. The Morgan fingerprint density at radius 2 is 1.12 bits per heavy atom. The van der Waals surface area contributed by atoms with Gasteiger partial charge in [0.25, 0.3) is 0 Å². The van der Waals surface area contributed by atoms with Crippen LogP contribution in [-0.4, -0.2) is 136 Å². The molecule has 33 heavy (non-hydrogen) atoms. The van der Waals surface area contributed by atoms with Gasteiger partial charge >= 0.3 is 214 Å². The third-order valence-electron chi connectivity index (χ3n) is 4.35. The van der Waals surface area contributed by atoms with Gasteiger partial charge in [0, 0.05) is 0 Å². The van der Waals surface area contributed by atoms with Crippen LogP contribution in [0.15, 0.2) is 27.5 Å². The van der Waals surface area contributed by atoms with Crippen molar-refractivity contribution in [1.29, 1.82) is 0 Å². The Kier molecular flexibility index (Phi) is 20.6. The van der Waals surface area contributed by atoms with Crippen LogP contribution in [0.1, 0.15) is 0 Å². The molecule has 0 aromatic rings. The third kappa shape index (κ3) is 15.3. The molecule has 9 nitrogen and oxygen atoms in total. The summed E-state index contributed by atoms with van der Waals surface area (Å²) < 4.78 is 0. The van der Waals surface area contributed by atoms with Gasteiger partial charge in [-0.15, -0.1) is 0 Å². The molecule has 0 aliphatic rings. The summed E-state index contributed by atoms with van der Waals surface area (Å²) in [6.07, 6.45) is 1.50. The van der Waals surface area contributed by atoms with E-state index in [4.69, 9.17) is 0 Å². The minimum absolute atomic E-state index is 0.0386. The Hall–Kier alpha value is -1.21. The van der Waals surface area contributed by atoms with E-state index >= 15 is 0 Å². The number of amides is 3. The van der Waals surface area contributed by atoms with Gasteiger partial charge in [-0.25, -0.2) is 0 Å². The molecule has 0 N–H and O–H groups in total. The maximum atomic E-state index is 12.4. The van der Waals surface area contributed by atoms with Gasteiger partial charge in [0.05, 0.1) is 0 Å². The fourth-order valence-electron chi connectivity index (χ4n) is 2.63. The second kappa shape index (κ2) is 21.3. The number of hydrogen-bond donors (Lipinski definition) is 1. The predicted octanol–water partition coefficient (Wildman–Crippen LogP) is -0.735. The molecule has 0 rings (SSSR count). The molecule has 0 saturated carbocycles. The van der Waals surface area contributed by atoms with E-state index in [1.54, 1.807) is 33.3 Å². The first-order valence-electron chi connectivity index (χ1n) is 10.5. The molecule has 0 aliphatic heterocycles. The van der Waals surface area contributed by atoms with Gasteiger partial charge in [-0.1, -0.05) is 0 Å². The molecule has 0 aromatic heterocycles. The normalized spacial score (nSPS) is 10.1. The van der Waals surface area contributed by atoms with E-state index in [1.807, 2.05) is 0 Å². The van der Waals surface area contributed by atoms with Crippen molar-refractivity contribution in [1.82, 2.24) is 14.7 Å². The Balaban J connectivity index is 4.39. The van der Waals surface area contributed by atoms with Crippen LogP contribution in [0.5, 0.6) is 0 Å². The number of nitrogens with zero attached hydrogens (tertiary/aromatic N) is 6. The zero-order valence-electron chi connectivity index (χ0n) is 19.3. The van der Waals surface area contributed by atoms with Crippen molar-refractivity contribution in [2.45, 2.75) is 0 Å². The molecule has 0 aliphatic carbocycles. The quantitative estimate of drug-likeness (QED) is 0.125. The summed E-state index contributed by atoms with van der Waals surface area (Å²) in [7, 11) is 10.1. The summed E-state index contributed by atoms with van der Waals surface area (Å²) in [4.78, 5) is 52.2. The van der Waals surface area contributed by atoms with Gasteiger partial charge in [-0.05, 0) is 0 Å². The molecule has 0 radical (unpaired) electrons. The van der Waals surface area contributed by atoms with Gasteiger partial charge in [0.2, 0.25) is 0 Å². The Morgan fingerprint density at radius 1 is 0.727 bits per heavy atom. The number of rotatable bonds is 21. The molecule has 0 saturated heterocycles. The first-order chi connectivity index (χ1) is 15.9. The first kappa shape index (κ1) is 31.8. The van der Waals surface area contributed by atoms with Gasteiger partial charge in [-0.3, -0.25) is 0 Å². The molecule has 0 fully saturated rings. The summed E-state index contributed by atoms with van der Waals surface area (Å²) in [5.74, 6) is 3.32. The fourth-order valence-corrected chi connectivity index (χ4v) is 4.65. The summed E-state index contributed by atoms with van der Waals surface area (Å²) in [5, 5.41) is 0. The average Bonchev–Trinajstić information content (AvgIpc) is 2.79. The van der Waals surface area contributed by atoms with Gasteiger partial charge in [0.15, 0.2) is 0 Å². The summed E-state index contributed by atoms with van der Waals surface area (Å²) in [6, 6.07) is 0. The molecular formula is C18H33B3N6O3S3. The van der Waals surface area contributed by atoms with E-state index in [9.17, 15) is 14.4 Å². The predicted molar refractivity (Wildman–Crippen MR) is 147 cm³/mol. The number of hydrogen-bond acceptors (Lipinski definition) is 9. The molecule has 0 heterocycles. The molecule has 0 bridgehead atoms. The summed E-state index contributed by atoms with van der Waals surface area (Å²) in [5.41, 5.74) is 0. The van der Waals surface area contributed by atoms with Gasteiger partial charge in [-0.2, -0.15) is 0 Å². The number of thioether (sulfide) groups is 2. The molecule has 3 amide bonds. The Bertz CT molecular complexity index is 663. The van der Waals surface area contributed by atoms with Crippen molar-refractivity contribution in [2.75, 3.05) is 81.1 Å². The SMILES string of the molecule is B=NCC(=O)N(C=C)CCSCCN(CCSCCN(CCS)C(=O)CN=B)C(=O)CN=B.